The third-order valence-corrected chi connectivity index (χ3v) is 5.35. The fourth-order valence-corrected chi connectivity index (χ4v) is 3.92. The molecular weight excluding hydrogens is 351 g/mol. The van der Waals surface area contributed by atoms with Crippen LogP contribution in [0.1, 0.15) is 0 Å². The Morgan fingerprint density at radius 3 is 2.50 bits per heavy atom. The van der Waals surface area contributed by atoms with Gasteiger partial charge in [-0.05, 0) is 12.1 Å². The second-order valence-electron chi connectivity index (χ2n) is 3.33. The molecule has 0 unspecified atom stereocenters. The molecule has 2 heterocycles. The van der Waals surface area contributed by atoms with Gasteiger partial charge in [0.15, 0.2) is 15.3 Å². The first-order valence-corrected chi connectivity index (χ1v) is 7.81. The zero-order chi connectivity index (χ0) is 14.9. The molecule has 0 radical (unpaired) electrons. The van der Waals surface area contributed by atoms with Crippen LogP contribution >= 0.6 is 34.5 Å². The third kappa shape index (κ3) is 3.15. The van der Waals surface area contributed by atoms with Crippen LogP contribution in [0.2, 0.25) is 9.49 Å². The van der Waals surface area contributed by atoms with Gasteiger partial charge in [-0.15, -0.1) is 21.5 Å². The molecule has 2 aromatic heterocycles. The average Bonchev–Trinajstić information content (AvgIpc) is 2.75. The van der Waals surface area contributed by atoms with E-state index in [1.165, 1.54) is 12.1 Å². The second kappa shape index (κ2) is 5.48. The standard InChI is InChI=1S/C8H4Cl2N4O4S2/c9-5-1-2-6(12-11-5)13-20(17,18)7-3-4(14(15)16)8(10)19-7/h1-3H,(H,12,13). The van der Waals surface area contributed by atoms with Gasteiger partial charge in [-0.3, -0.25) is 14.8 Å². The Balaban J connectivity index is 2.33. The van der Waals surface area contributed by atoms with Gasteiger partial charge in [0, 0.05) is 6.07 Å². The van der Waals surface area contributed by atoms with E-state index in [1.807, 2.05) is 0 Å². The number of aromatic nitrogens is 2. The Kier molecular flexibility index (Phi) is 4.09. The molecule has 0 atom stereocenters. The van der Waals surface area contributed by atoms with Crippen molar-refractivity contribution in [3.05, 3.63) is 37.8 Å². The number of nitrogens with one attached hydrogen (secondary N) is 1. The summed E-state index contributed by atoms with van der Waals surface area (Å²) in [6, 6.07) is 3.52. The SMILES string of the molecule is O=[N+]([O-])c1cc(S(=O)(=O)Nc2ccc(Cl)nn2)sc1Cl. The summed E-state index contributed by atoms with van der Waals surface area (Å²) in [7, 11) is -4.03. The first-order chi connectivity index (χ1) is 9.29. The Labute approximate surface area is 126 Å². The Morgan fingerprint density at radius 2 is 2.00 bits per heavy atom. The average molecular weight is 355 g/mol. The lowest BCUT2D eigenvalue weighted by atomic mass is 10.5. The predicted octanol–water partition coefficient (Wildman–Crippen LogP) is 2.55. The number of anilines is 1. The van der Waals surface area contributed by atoms with Crippen LogP contribution in [0.3, 0.4) is 0 Å². The number of halogens is 2. The summed E-state index contributed by atoms with van der Waals surface area (Å²) >= 11 is 11.7. The third-order valence-electron chi connectivity index (χ3n) is 1.98. The fraction of sp³-hybridized carbons (Fsp3) is 0. The number of rotatable bonds is 4. The highest BCUT2D eigenvalue weighted by Crippen LogP contribution is 2.36. The lowest BCUT2D eigenvalue weighted by Crippen LogP contribution is -2.12. The van der Waals surface area contributed by atoms with E-state index in [2.05, 4.69) is 14.9 Å². The molecular formula is C8H4Cl2N4O4S2. The molecule has 0 saturated heterocycles. The van der Waals surface area contributed by atoms with E-state index in [0.29, 0.717) is 11.3 Å². The number of sulfonamides is 1. The molecule has 0 fully saturated rings. The van der Waals surface area contributed by atoms with Crippen LogP contribution in [0.25, 0.3) is 0 Å². The minimum absolute atomic E-state index is 0.0680. The van der Waals surface area contributed by atoms with E-state index < -0.39 is 20.6 Å². The van der Waals surface area contributed by atoms with Crippen molar-refractivity contribution < 1.29 is 13.3 Å². The molecule has 1 N–H and O–H groups in total. The van der Waals surface area contributed by atoms with Crippen LogP contribution in [-0.4, -0.2) is 23.5 Å². The normalized spacial score (nSPS) is 11.3. The lowest BCUT2D eigenvalue weighted by Gasteiger charge is -2.03. The van der Waals surface area contributed by atoms with Crippen molar-refractivity contribution in [1.82, 2.24) is 10.2 Å². The first-order valence-electron chi connectivity index (χ1n) is 4.75. The Bertz CT molecular complexity index is 759. The maximum absolute atomic E-state index is 12.0. The van der Waals surface area contributed by atoms with Gasteiger partial charge in [-0.2, -0.15) is 0 Å². The second-order valence-corrected chi connectivity index (χ2v) is 7.28. The van der Waals surface area contributed by atoms with Crippen LogP contribution < -0.4 is 4.72 Å². The van der Waals surface area contributed by atoms with Gasteiger partial charge in [-0.1, -0.05) is 23.2 Å². The van der Waals surface area contributed by atoms with Crippen LogP contribution in [-0.2, 0) is 10.0 Å². The Hall–Kier alpha value is -1.49. The highest BCUT2D eigenvalue weighted by molar-refractivity contribution is 7.94. The zero-order valence-electron chi connectivity index (χ0n) is 9.28. The van der Waals surface area contributed by atoms with Gasteiger partial charge in [-0.25, -0.2) is 8.42 Å². The summed E-state index contributed by atoms with van der Waals surface area (Å²) in [4.78, 5) is 9.87. The van der Waals surface area contributed by atoms with Crippen molar-refractivity contribution in [2.75, 3.05) is 4.72 Å². The van der Waals surface area contributed by atoms with Gasteiger partial charge in [0.1, 0.15) is 4.21 Å². The molecule has 0 bridgehead atoms. The molecule has 0 aromatic carbocycles. The van der Waals surface area contributed by atoms with Gasteiger partial charge in [0.05, 0.1) is 4.92 Å². The van der Waals surface area contributed by atoms with Crippen molar-refractivity contribution in [3.63, 3.8) is 0 Å². The summed E-state index contributed by atoms with van der Waals surface area (Å²) in [5.41, 5.74) is -0.473. The fourth-order valence-electron chi connectivity index (χ4n) is 1.15. The van der Waals surface area contributed by atoms with E-state index in [0.717, 1.165) is 6.07 Å². The highest BCUT2D eigenvalue weighted by Gasteiger charge is 2.25. The molecule has 2 rings (SSSR count). The monoisotopic (exact) mass is 354 g/mol. The largest absolute Gasteiger partial charge is 0.300 e. The number of nitrogens with zero attached hydrogens (tertiary/aromatic N) is 3. The van der Waals surface area contributed by atoms with Crippen LogP contribution in [0.4, 0.5) is 11.5 Å². The molecule has 0 saturated carbocycles. The highest BCUT2D eigenvalue weighted by atomic mass is 35.5. The quantitative estimate of drug-likeness (QED) is 0.666. The van der Waals surface area contributed by atoms with E-state index in [-0.39, 0.29) is 19.5 Å². The maximum Gasteiger partial charge on any atom is 0.300 e. The number of thiophene rings is 1. The van der Waals surface area contributed by atoms with Crippen molar-refractivity contribution in [2.24, 2.45) is 0 Å². The summed E-state index contributed by atoms with van der Waals surface area (Å²) < 4.78 is 25.6. The minimum atomic E-state index is -4.03. The van der Waals surface area contributed by atoms with Gasteiger partial charge in [0.25, 0.3) is 15.7 Å². The van der Waals surface area contributed by atoms with E-state index in [4.69, 9.17) is 23.2 Å². The Morgan fingerprint density at radius 1 is 1.30 bits per heavy atom. The summed E-state index contributed by atoms with van der Waals surface area (Å²) in [6.45, 7) is 0. The van der Waals surface area contributed by atoms with E-state index >= 15 is 0 Å². The molecule has 12 heteroatoms. The molecule has 20 heavy (non-hydrogen) atoms. The van der Waals surface area contributed by atoms with Gasteiger partial charge < -0.3 is 0 Å². The maximum atomic E-state index is 12.0. The zero-order valence-corrected chi connectivity index (χ0v) is 12.4. The number of hydrogen-bond donors (Lipinski definition) is 1. The molecule has 0 aliphatic heterocycles. The van der Waals surface area contributed by atoms with Crippen molar-refractivity contribution >= 4 is 56.1 Å². The molecule has 0 amide bonds. The number of nitro groups is 1. The molecule has 106 valence electrons. The first kappa shape index (κ1) is 14.9. The molecule has 0 aliphatic carbocycles. The smallest absolute Gasteiger partial charge is 0.261 e. The molecule has 8 nitrogen and oxygen atoms in total. The van der Waals surface area contributed by atoms with Crippen LogP contribution in [0.5, 0.6) is 0 Å². The van der Waals surface area contributed by atoms with Crippen molar-refractivity contribution in [2.45, 2.75) is 4.21 Å². The summed E-state index contributed by atoms with van der Waals surface area (Å²) in [5, 5.41) is 17.7. The van der Waals surface area contributed by atoms with E-state index in [9.17, 15) is 18.5 Å². The van der Waals surface area contributed by atoms with Crippen LogP contribution in [0.15, 0.2) is 22.4 Å². The summed E-state index contributed by atoms with van der Waals surface area (Å²) in [6.07, 6.45) is 0. The molecule has 0 aliphatic rings. The van der Waals surface area contributed by atoms with Gasteiger partial charge in [0.2, 0.25) is 0 Å². The summed E-state index contributed by atoms with van der Waals surface area (Å²) in [5.74, 6) is -0.0680. The lowest BCUT2D eigenvalue weighted by molar-refractivity contribution is -0.384. The van der Waals surface area contributed by atoms with E-state index in [1.54, 1.807) is 0 Å². The number of hydrogen-bond acceptors (Lipinski definition) is 7. The topological polar surface area (TPSA) is 115 Å². The van der Waals surface area contributed by atoms with Gasteiger partial charge >= 0.3 is 0 Å². The predicted molar refractivity (Wildman–Crippen MR) is 73.8 cm³/mol. The van der Waals surface area contributed by atoms with Crippen molar-refractivity contribution in [3.8, 4) is 0 Å². The van der Waals surface area contributed by atoms with Crippen LogP contribution in [0, 0.1) is 10.1 Å². The molecule has 2 aromatic rings. The van der Waals surface area contributed by atoms with Crippen molar-refractivity contribution in [1.29, 1.82) is 0 Å². The minimum Gasteiger partial charge on any atom is -0.261 e. The molecule has 0 spiro atoms.